The minimum absolute atomic E-state index is 0.265. The fourth-order valence-corrected chi connectivity index (χ4v) is 1.99. The summed E-state index contributed by atoms with van der Waals surface area (Å²) < 4.78 is 0. The van der Waals surface area contributed by atoms with E-state index in [4.69, 9.17) is 5.73 Å². The lowest BCUT2D eigenvalue weighted by atomic mass is 9.98. The molecule has 0 aromatic rings. The van der Waals surface area contributed by atoms with E-state index in [0.29, 0.717) is 25.1 Å². The fraction of sp³-hybridized carbons (Fsp3) is 1.00. The molecular weight excluding hydrogens is 188 g/mol. The summed E-state index contributed by atoms with van der Waals surface area (Å²) in [5.41, 5.74) is 6.00. The number of aliphatic hydroxyl groups excluding tert-OH is 1. The third-order valence-corrected chi connectivity index (χ3v) is 3.94. The Balaban J connectivity index is 2.17. The van der Waals surface area contributed by atoms with E-state index in [9.17, 15) is 5.11 Å². The minimum atomic E-state index is 0.265. The second-order valence-corrected chi connectivity index (χ2v) is 5.09. The van der Waals surface area contributed by atoms with Crippen LogP contribution in [0.2, 0.25) is 0 Å². The van der Waals surface area contributed by atoms with E-state index in [1.807, 2.05) is 0 Å². The van der Waals surface area contributed by atoms with Crippen LogP contribution in [0.4, 0.5) is 0 Å². The Morgan fingerprint density at radius 1 is 1.47 bits per heavy atom. The third kappa shape index (κ3) is 3.74. The standard InChI is InChI=1S/C12H26N2O/c1-3-10(2)11(8-13)14-7-6-12(9-15)4-5-12/h10-11,14-15H,3-9,13H2,1-2H3. The Bertz CT molecular complexity index is 180. The van der Waals surface area contributed by atoms with Gasteiger partial charge in [0, 0.05) is 19.2 Å². The number of hydrogen-bond acceptors (Lipinski definition) is 3. The molecule has 0 saturated heterocycles. The molecule has 4 N–H and O–H groups in total. The number of nitrogens with two attached hydrogens (primary N) is 1. The largest absolute Gasteiger partial charge is 0.396 e. The molecule has 0 amide bonds. The van der Waals surface area contributed by atoms with E-state index in [0.717, 1.165) is 13.0 Å². The molecule has 2 unspecified atom stereocenters. The highest BCUT2D eigenvalue weighted by Gasteiger charge is 2.41. The van der Waals surface area contributed by atoms with Crippen LogP contribution < -0.4 is 11.1 Å². The molecule has 1 saturated carbocycles. The van der Waals surface area contributed by atoms with E-state index < -0.39 is 0 Å². The molecule has 3 heteroatoms. The molecule has 0 aromatic heterocycles. The van der Waals surface area contributed by atoms with Gasteiger partial charge in [0.1, 0.15) is 0 Å². The van der Waals surface area contributed by atoms with Crippen LogP contribution in [0, 0.1) is 11.3 Å². The van der Waals surface area contributed by atoms with Crippen molar-refractivity contribution in [3.05, 3.63) is 0 Å². The molecule has 0 radical (unpaired) electrons. The van der Waals surface area contributed by atoms with Crippen molar-refractivity contribution in [3.8, 4) is 0 Å². The van der Waals surface area contributed by atoms with Gasteiger partial charge in [-0.25, -0.2) is 0 Å². The van der Waals surface area contributed by atoms with Gasteiger partial charge in [0.15, 0.2) is 0 Å². The van der Waals surface area contributed by atoms with E-state index >= 15 is 0 Å². The highest BCUT2D eigenvalue weighted by Crippen LogP contribution is 2.47. The Morgan fingerprint density at radius 2 is 2.13 bits per heavy atom. The second-order valence-electron chi connectivity index (χ2n) is 5.09. The van der Waals surface area contributed by atoms with Crippen molar-refractivity contribution in [2.45, 2.75) is 45.6 Å². The van der Waals surface area contributed by atoms with Crippen LogP contribution in [0.5, 0.6) is 0 Å². The van der Waals surface area contributed by atoms with Crippen LogP contribution in [0.25, 0.3) is 0 Å². The number of rotatable bonds is 8. The summed E-state index contributed by atoms with van der Waals surface area (Å²) >= 11 is 0. The summed E-state index contributed by atoms with van der Waals surface area (Å²) in [6.07, 6.45) is 4.65. The van der Waals surface area contributed by atoms with Gasteiger partial charge >= 0.3 is 0 Å². The highest BCUT2D eigenvalue weighted by atomic mass is 16.3. The Morgan fingerprint density at radius 3 is 2.53 bits per heavy atom. The van der Waals surface area contributed by atoms with Gasteiger partial charge < -0.3 is 16.2 Å². The van der Waals surface area contributed by atoms with Crippen molar-refractivity contribution < 1.29 is 5.11 Å². The Kier molecular flexibility index (Phi) is 5.03. The Hall–Kier alpha value is -0.120. The lowest BCUT2D eigenvalue weighted by Gasteiger charge is -2.23. The average molecular weight is 214 g/mol. The van der Waals surface area contributed by atoms with Crippen LogP contribution in [-0.4, -0.2) is 30.8 Å². The van der Waals surface area contributed by atoms with Gasteiger partial charge in [-0.15, -0.1) is 0 Å². The third-order valence-electron chi connectivity index (χ3n) is 3.94. The summed E-state index contributed by atoms with van der Waals surface area (Å²) in [7, 11) is 0. The maximum absolute atomic E-state index is 9.18. The van der Waals surface area contributed by atoms with Gasteiger partial charge in [0.05, 0.1) is 0 Å². The molecule has 0 aliphatic heterocycles. The van der Waals surface area contributed by atoms with E-state index in [-0.39, 0.29) is 5.41 Å². The summed E-state index contributed by atoms with van der Waals surface area (Å²) in [6, 6.07) is 0.435. The average Bonchev–Trinajstić information content (AvgIpc) is 3.04. The Labute approximate surface area is 93.4 Å². The molecule has 1 rings (SSSR count). The molecule has 0 bridgehead atoms. The second kappa shape index (κ2) is 5.83. The van der Waals surface area contributed by atoms with Crippen LogP contribution >= 0.6 is 0 Å². The molecule has 3 nitrogen and oxygen atoms in total. The smallest absolute Gasteiger partial charge is 0.0487 e. The van der Waals surface area contributed by atoms with Gasteiger partial charge in [-0.1, -0.05) is 20.3 Å². The van der Waals surface area contributed by atoms with E-state index in [2.05, 4.69) is 19.2 Å². The number of nitrogens with one attached hydrogen (secondary N) is 1. The minimum Gasteiger partial charge on any atom is -0.396 e. The first-order chi connectivity index (χ1) is 7.17. The molecule has 2 atom stereocenters. The molecule has 0 heterocycles. The van der Waals surface area contributed by atoms with Gasteiger partial charge in [0.25, 0.3) is 0 Å². The molecule has 0 aromatic carbocycles. The maximum Gasteiger partial charge on any atom is 0.0487 e. The normalized spacial score (nSPS) is 22.4. The molecule has 1 fully saturated rings. The van der Waals surface area contributed by atoms with Crippen molar-refractivity contribution in [1.29, 1.82) is 0 Å². The predicted molar refractivity (Wildman–Crippen MR) is 63.7 cm³/mol. The molecule has 90 valence electrons. The van der Waals surface area contributed by atoms with E-state index in [1.165, 1.54) is 19.3 Å². The van der Waals surface area contributed by atoms with Gasteiger partial charge in [-0.05, 0) is 37.1 Å². The van der Waals surface area contributed by atoms with Crippen LogP contribution in [0.15, 0.2) is 0 Å². The molecule has 1 aliphatic carbocycles. The fourth-order valence-electron chi connectivity index (χ4n) is 1.99. The zero-order valence-electron chi connectivity index (χ0n) is 10.1. The highest BCUT2D eigenvalue weighted by molar-refractivity contribution is 4.93. The zero-order chi connectivity index (χ0) is 11.3. The van der Waals surface area contributed by atoms with Crippen molar-refractivity contribution in [1.82, 2.24) is 5.32 Å². The summed E-state index contributed by atoms with van der Waals surface area (Å²) in [5.74, 6) is 0.638. The number of hydrogen-bond donors (Lipinski definition) is 3. The first kappa shape index (κ1) is 12.9. The van der Waals surface area contributed by atoms with Crippen molar-refractivity contribution in [2.24, 2.45) is 17.1 Å². The van der Waals surface area contributed by atoms with Crippen LogP contribution in [-0.2, 0) is 0 Å². The number of aliphatic hydroxyl groups is 1. The summed E-state index contributed by atoms with van der Waals surface area (Å²) in [6.45, 7) is 6.49. The maximum atomic E-state index is 9.18. The van der Waals surface area contributed by atoms with Crippen LogP contribution in [0.1, 0.15) is 39.5 Å². The summed E-state index contributed by atoms with van der Waals surface area (Å²) in [5, 5.41) is 12.7. The van der Waals surface area contributed by atoms with E-state index in [1.54, 1.807) is 0 Å². The van der Waals surface area contributed by atoms with Crippen LogP contribution in [0.3, 0.4) is 0 Å². The first-order valence-corrected chi connectivity index (χ1v) is 6.22. The lowest BCUT2D eigenvalue weighted by Crippen LogP contribution is -2.42. The SMILES string of the molecule is CCC(C)C(CN)NCCC1(CO)CC1. The monoisotopic (exact) mass is 214 g/mol. The van der Waals surface area contributed by atoms with Crippen molar-refractivity contribution in [2.75, 3.05) is 19.7 Å². The van der Waals surface area contributed by atoms with Gasteiger partial charge in [-0.3, -0.25) is 0 Å². The van der Waals surface area contributed by atoms with Gasteiger partial charge in [-0.2, -0.15) is 0 Å². The topological polar surface area (TPSA) is 58.3 Å². The molecule has 1 aliphatic rings. The summed E-state index contributed by atoms with van der Waals surface area (Å²) in [4.78, 5) is 0. The first-order valence-electron chi connectivity index (χ1n) is 6.22. The quantitative estimate of drug-likeness (QED) is 0.567. The lowest BCUT2D eigenvalue weighted by molar-refractivity contribution is 0.199. The van der Waals surface area contributed by atoms with Crippen molar-refractivity contribution in [3.63, 3.8) is 0 Å². The zero-order valence-corrected chi connectivity index (χ0v) is 10.1. The molecular formula is C12H26N2O. The van der Waals surface area contributed by atoms with Gasteiger partial charge in [0.2, 0.25) is 0 Å². The molecule has 15 heavy (non-hydrogen) atoms. The molecule has 0 spiro atoms. The van der Waals surface area contributed by atoms with Crippen molar-refractivity contribution >= 4 is 0 Å². The predicted octanol–water partition coefficient (Wildman–Crippen LogP) is 1.11.